The Morgan fingerprint density at radius 1 is 1.64 bits per heavy atom. The molecule has 0 aromatic carbocycles. The van der Waals surface area contributed by atoms with Crippen LogP contribution < -0.4 is 5.73 Å². The van der Waals surface area contributed by atoms with Crippen molar-refractivity contribution in [3.8, 4) is 0 Å². The van der Waals surface area contributed by atoms with Crippen LogP contribution in [0.1, 0.15) is 24.4 Å². The quantitative estimate of drug-likeness (QED) is 0.683. The van der Waals surface area contributed by atoms with E-state index in [1.807, 2.05) is 6.07 Å². The zero-order valence-corrected chi connectivity index (χ0v) is 6.36. The number of aliphatic hydroxyl groups excluding tert-OH is 1. The molecule has 0 amide bonds. The Balaban J connectivity index is 2.36. The standard InChI is InChI=1S/C8H13NO2/c9-8(2-1-4-10)7-3-5-11-6-7/h3,5-6,8,10H,1-2,4,9H2. The molecule has 1 atom stereocenters. The summed E-state index contributed by atoms with van der Waals surface area (Å²) < 4.78 is 4.87. The van der Waals surface area contributed by atoms with E-state index in [0.29, 0.717) is 0 Å². The van der Waals surface area contributed by atoms with Crippen LogP contribution in [0, 0.1) is 0 Å². The lowest BCUT2D eigenvalue weighted by molar-refractivity contribution is 0.280. The van der Waals surface area contributed by atoms with Crippen LogP contribution in [0.2, 0.25) is 0 Å². The SMILES string of the molecule is NC(CCCO)c1ccoc1. The van der Waals surface area contributed by atoms with Crippen molar-refractivity contribution < 1.29 is 9.52 Å². The molecule has 3 nitrogen and oxygen atoms in total. The number of hydrogen-bond acceptors (Lipinski definition) is 3. The van der Waals surface area contributed by atoms with Gasteiger partial charge in [-0.1, -0.05) is 0 Å². The normalized spacial score (nSPS) is 13.3. The fourth-order valence-corrected chi connectivity index (χ4v) is 0.964. The van der Waals surface area contributed by atoms with E-state index < -0.39 is 0 Å². The summed E-state index contributed by atoms with van der Waals surface area (Å²) in [5.74, 6) is 0. The summed E-state index contributed by atoms with van der Waals surface area (Å²) in [4.78, 5) is 0. The van der Waals surface area contributed by atoms with Crippen molar-refractivity contribution in [2.45, 2.75) is 18.9 Å². The van der Waals surface area contributed by atoms with Crippen LogP contribution in [0.15, 0.2) is 23.0 Å². The third kappa shape index (κ3) is 2.37. The first-order valence-electron chi connectivity index (χ1n) is 3.73. The first-order valence-corrected chi connectivity index (χ1v) is 3.73. The molecular formula is C8H13NO2. The molecule has 0 saturated heterocycles. The minimum absolute atomic E-state index is 0.000833. The third-order valence-corrected chi connectivity index (χ3v) is 1.64. The lowest BCUT2D eigenvalue weighted by atomic mass is 10.1. The van der Waals surface area contributed by atoms with Crippen molar-refractivity contribution >= 4 is 0 Å². The monoisotopic (exact) mass is 155 g/mol. The Kier molecular flexibility index (Phi) is 3.14. The van der Waals surface area contributed by atoms with Crippen LogP contribution in [0.4, 0.5) is 0 Å². The van der Waals surface area contributed by atoms with Crippen molar-refractivity contribution in [2.24, 2.45) is 5.73 Å². The zero-order valence-electron chi connectivity index (χ0n) is 6.36. The molecule has 0 spiro atoms. The molecule has 1 aromatic heterocycles. The van der Waals surface area contributed by atoms with Gasteiger partial charge in [-0.15, -0.1) is 0 Å². The van der Waals surface area contributed by atoms with Gasteiger partial charge in [0.25, 0.3) is 0 Å². The number of nitrogens with two attached hydrogens (primary N) is 1. The van der Waals surface area contributed by atoms with Gasteiger partial charge in [-0.25, -0.2) is 0 Å². The summed E-state index contributed by atoms with van der Waals surface area (Å²) in [5, 5.41) is 8.53. The lowest BCUT2D eigenvalue weighted by Crippen LogP contribution is -2.09. The molecule has 11 heavy (non-hydrogen) atoms. The number of hydrogen-bond donors (Lipinski definition) is 2. The molecule has 1 heterocycles. The molecule has 3 heteroatoms. The summed E-state index contributed by atoms with van der Waals surface area (Å²) in [6.07, 6.45) is 4.79. The van der Waals surface area contributed by atoms with Crippen LogP contribution in [0.5, 0.6) is 0 Å². The molecule has 0 aliphatic rings. The van der Waals surface area contributed by atoms with E-state index in [-0.39, 0.29) is 12.6 Å². The highest BCUT2D eigenvalue weighted by Crippen LogP contribution is 2.15. The van der Waals surface area contributed by atoms with E-state index in [1.165, 1.54) is 0 Å². The Morgan fingerprint density at radius 3 is 3.00 bits per heavy atom. The molecule has 0 aliphatic carbocycles. The first-order chi connectivity index (χ1) is 5.34. The van der Waals surface area contributed by atoms with E-state index >= 15 is 0 Å². The fourth-order valence-electron chi connectivity index (χ4n) is 0.964. The number of furan rings is 1. The van der Waals surface area contributed by atoms with Gasteiger partial charge in [0.05, 0.1) is 12.5 Å². The Hall–Kier alpha value is -0.800. The van der Waals surface area contributed by atoms with Crippen LogP contribution in [0.3, 0.4) is 0 Å². The van der Waals surface area contributed by atoms with Crippen LogP contribution in [0.25, 0.3) is 0 Å². The van der Waals surface area contributed by atoms with Crippen LogP contribution >= 0.6 is 0 Å². The Labute approximate surface area is 65.8 Å². The predicted molar refractivity (Wildman–Crippen MR) is 42.0 cm³/mol. The highest BCUT2D eigenvalue weighted by molar-refractivity contribution is 5.10. The highest BCUT2D eigenvalue weighted by Gasteiger charge is 2.05. The van der Waals surface area contributed by atoms with Crippen LogP contribution in [-0.2, 0) is 0 Å². The summed E-state index contributed by atoms with van der Waals surface area (Å²) >= 11 is 0. The minimum Gasteiger partial charge on any atom is -0.472 e. The van der Waals surface area contributed by atoms with E-state index in [1.54, 1.807) is 12.5 Å². The molecule has 0 fully saturated rings. The maximum absolute atomic E-state index is 8.53. The topological polar surface area (TPSA) is 59.4 Å². The van der Waals surface area contributed by atoms with Crippen molar-refractivity contribution in [1.29, 1.82) is 0 Å². The second-order valence-corrected chi connectivity index (χ2v) is 2.53. The van der Waals surface area contributed by atoms with E-state index in [2.05, 4.69) is 0 Å². The molecule has 1 aromatic rings. The Morgan fingerprint density at radius 2 is 2.45 bits per heavy atom. The molecule has 0 aliphatic heterocycles. The van der Waals surface area contributed by atoms with Gasteiger partial charge in [0.1, 0.15) is 0 Å². The average molecular weight is 155 g/mol. The predicted octanol–water partition coefficient (Wildman–Crippen LogP) is 1.05. The van der Waals surface area contributed by atoms with E-state index in [0.717, 1.165) is 18.4 Å². The average Bonchev–Trinajstić information content (AvgIpc) is 2.52. The van der Waals surface area contributed by atoms with E-state index in [9.17, 15) is 0 Å². The van der Waals surface area contributed by atoms with Gasteiger partial charge in [-0.05, 0) is 18.9 Å². The maximum atomic E-state index is 8.53. The number of rotatable bonds is 4. The van der Waals surface area contributed by atoms with Crippen molar-refractivity contribution in [2.75, 3.05) is 6.61 Å². The smallest absolute Gasteiger partial charge is 0.0950 e. The molecule has 0 radical (unpaired) electrons. The van der Waals surface area contributed by atoms with Crippen molar-refractivity contribution in [1.82, 2.24) is 0 Å². The van der Waals surface area contributed by atoms with Gasteiger partial charge in [-0.3, -0.25) is 0 Å². The van der Waals surface area contributed by atoms with Crippen molar-refractivity contribution in [3.63, 3.8) is 0 Å². The Bertz CT molecular complexity index is 184. The third-order valence-electron chi connectivity index (χ3n) is 1.64. The summed E-state index contributed by atoms with van der Waals surface area (Å²) in [7, 11) is 0. The molecule has 0 saturated carbocycles. The van der Waals surface area contributed by atoms with Crippen LogP contribution in [-0.4, -0.2) is 11.7 Å². The minimum atomic E-state index is 0.000833. The maximum Gasteiger partial charge on any atom is 0.0950 e. The van der Waals surface area contributed by atoms with Gasteiger partial charge in [0.2, 0.25) is 0 Å². The lowest BCUT2D eigenvalue weighted by Gasteiger charge is -2.06. The molecule has 3 N–H and O–H groups in total. The zero-order chi connectivity index (χ0) is 8.10. The summed E-state index contributed by atoms with van der Waals surface area (Å²) in [5.41, 5.74) is 6.75. The largest absolute Gasteiger partial charge is 0.472 e. The molecule has 1 rings (SSSR count). The summed E-state index contributed by atoms with van der Waals surface area (Å²) in [6.45, 7) is 0.200. The number of aliphatic hydroxyl groups is 1. The van der Waals surface area contributed by atoms with E-state index in [4.69, 9.17) is 15.3 Å². The summed E-state index contributed by atoms with van der Waals surface area (Å²) in [6, 6.07) is 1.85. The van der Waals surface area contributed by atoms with Gasteiger partial charge in [0.15, 0.2) is 0 Å². The second kappa shape index (κ2) is 4.16. The van der Waals surface area contributed by atoms with Gasteiger partial charge in [0, 0.05) is 18.2 Å². The fraction of sp³-hybridized carbons (Fsp3) is 0.500. The van der Waals surface area contributed by atoms with Gasteiger partial charge in [-0.2, -0.15) is 0 Å². The highest BCUT2D eigenvalue weighted by atomic mass is 16.3. The first kappa shape index (κ1) is 8.30. The molecule has 1 unspecified atom stereocenters. The van der Waals surface area contributed by atoms with Crippen molar-refractivity contribution in [3.05, 3.63) is 24.2 Å². The van der Waals surface area contributed by atoms with Gasteiger partial charge < -0.3 is 15.3 Å². The second-order valence-electron chi connectivity index (χ2n) is 2.53. The molecular weight excluding hydrogens is 142 g/mol. The van der Waals surface area contributed by atoms with Gasteiger partial charge >= 0.3 is 0 Å². The molecule has 62 valence electrons. The molecule has 0 bridgehead atoms.